The van der Waals surface area contributed by atoms with Crippen LogP contribution in [0.25, 0.3) is 83.3 Å². The first-order valence-electron chi connectivity index (χ1n) is 17.0. The van der Waals surface area contributed by atoms with Crippen LogP contribution < -0.4 is 4.90 Å². The molecule has 1 aliphatic rings. The third-order valence-electron chi connectivity index (χ3n) is 9.93. The molecule has 0 amide bonds. The Labute approximate surface area is 292 Å². The Bertz CT molecular complexity index is 3000. The Kier molecular flexibility index (Phi) is 5.86. The van der Waals surface area contributed by atoms with Gasteiger partial charge in [-0.05, 0) is 47.9 Å². The first-order valence-corrected chi connectivity index (χ1v) is 17.0. The maximum atomic E-state index is 6.39. The Morgan fingerprint density at radius 2 is 1.22 bits per heavy atom. The van der Waals surface area contributed by atoms with Gasteiger partial charge >= 0.3 is 0 Å². The Morgan fingerprint density at radius 1 is 0.510 bits per heavy atom. The van der Waals surface area contributed by atoms with Gasteiger partial charge in [-0.2, -0.15) is 0 Å². The van der Waals surface area contributed by atoms with E-state index in [1.807, 2.05) is 36.4 Å². The topological polar surface area (TPSA) is 60.0 Å². The van der Waals surface area contributed by atoms with E-state index in [0.717, 1.165) is 83.9 Å². The lowest BCUT2D eigenvalue weighted by atomic mass is 10.0. The average molecular weight is 654 g/mol. The highest BCUT2D eigenvalue weighted by molar-refractivity contribution is 6.09. The van der Waals surface area contributed by atoms with Crippen molar-refractivity contribution in [1.29, 1.82) is 0 Å². The first-order chi connectivity index (χ1) is 25.3. The molecular formula is C45H27N5O. The summed E-state index contributed by atoms with van der Waals surface area (Å²) in [7, 11) is 0. The van der Waals surface area contributed by atoms with Crippen molar-refractivity contribution in [2.75, 3.05) is 4.90 Å². The zero-order valence-corrected chi connectivity index (χ0v) is 27.2. The van der Waals surface area contributed by atoms with Crippen molar-refractivity contribution >= 4 is 61.2 Å². The van der Waals surface area contributed by atoms with Gasteiger partial charge in [-0.25, -0.2) is 15.0 Å². The van der Waals surface area contributed by atoms with Crippen LogP contribution in [0.4, 0.5) is 17.3 Å². The molecule has 238 valence electrons. The number of nitrogens with zero attached hydrogens (tertiary/aromatic N) is 5. The predicted molar refractivity (Wildman–Crippen MR) is 206 cm³/mol. The van der Waals surface area contributed by atoms with E-state index in [4.69, 9.17) is 19.4 Å². The van der Waals surface area contributed by atoms with Gasteiger partial charge in [-0.1, -0.05) is 121 Å². The number of furan rings is 1. The molecule has 0 unspecified atom stereocenters. The number of anilines is 3. The van der Waals surface area contributed by atoms with Crippen LogP contribution in [0, 0.1) is 0 Å². The summed E-state index contributed by atoms with van der Waals surface area (Å²) < 4.78 is 8.71. The van der Waals surface area contributed by atoms with E-state index in [2.05, 4.69) is 137 Å². The van der Waals surface area contributed by atoms with Gasteiger partial charge < -0.3 is 4.42 Å². The van der Waals surface area contributed by atoms with Gasteiger partial charge in [0.05, 0.1) is 22.4 Å². The largest absolute Gasteiger partial charge is 0.452 e. The summed E-state index contributed by atoms with van der Waals surface area (Å²) in [5.74, 6) is 1.44. The molecule has 0 saturated heterocycles. The summed E-state index contributed by atoms with van der Waals surface area (Å²) in [6, 6.07) is 56.7. The smallest absolute Gasteiger partial charge is 0.220 e. The van der Waals surface area contributed by atoms with E-state index in [0.29, 0.717) is 11.4 Å². The molecule has 0 radical (unpaired) electrons. The standard InChI is InChI=1S/C45H27N5O/c1-2-14-29(15-3-1)40-43-41(35-21-8-11-24-39(35)51-43)48-44(47-40)30-16-12-17-31(27-30)49-37-22-9-6-19-33(37)34-20-7-10-23-38(34)50-42-32-18-5-4-13-28(32)25-26-36(42)46-45(49)50/h1-27H. The van der Waals surface area contributed by atoms with Crippen molar-refractivity contribution in [1.82, 2.24) is 19.5 Å². The molecule has 10 aromatic rings. The van der Waals surface area contributed by atoms with Crippen molar-refractivity contribution < 1.29 is 4.42 Å². The molecule has 11 rings (SSSR count). The SMILES string of the molecule is c1ccc(-c2nc(-c3cccc(N4c5ccccc5-c5ccccc5-n5c4nc4ccc6ccccc6c45)c3)nc3c2oc2ccccc23)cc1. The lowest BCUT2D eigenvalue weighted by Crippen LogP contribution is -2.14. The molecule has 1 aliphatic heterocycles. The number of fused-ring (bicyclic) bond motifs is 12. The molecular weight excluding hydrogens is 627 g/mol. The van der Waals surface area contributed by atoms with Crippen molar-refractivity contribution in [3.63, 3.8) is 0 Å². The third kappa shape index (κ3) is 4.14. The van der Waals surface area contributed by atoms with Crippen molar-refractivity contribution in [3.8, 4) is 39.5 Å². The van der Waals surface area contributed by atoms with Gasteiger partial charge in [0.2, 0.25) is 5.95 Å². The zero-order valence-electron chi connectivity index (χ0n) is 27.2. The minimum atomic E-state index is 0.626. The number of para-hydroxylation sites is 3. The number of aromatic nitrogens is 4. The summed E-state index contributed by atoms with van der Waals surface area (Å²) in [5, 5.41) is 3.30. The van der Waals surface area contributed by atoms with Crippen LogP contribution in [-0.2, 0) is 0 Å². The van der Waals surface area contributed by atoms with E-state index in [9.17, 15) is 0 Å². The van der Waals surface area contributed by atoms with Gasteiger partial charge in [-0.15, -0.1) is 0 Å². The molecule has 0 saturated carbocycles. The van der Waals surface area contributed by atoms with E-state index in [1.54, 1.807) is 0 Å². The van der Waals surface area contributed by atoms with Crippen molar-refractivity contribution in [2.45, 2.75) is 0 Å². The second-order valence-corrected chi connectivity index (χ2v) is 12.9. The van der Waals surface area contributed by atoms with Crippen LogP contribution in [0.1, 0.15) is 0 Å². The van der Waals surface area contributed by atoms with Crippen molar-refractivity contribution in [2.24, 2.45) is 0 Å². The molecule has 3 aromatic heterocycles. The molecule has 7 aromatic carbocycles. The molecule has 6 nitrogen and oxygen atoms in total. The maximum Gasteiger partial charge on any atom is 0.220 e. The van der Waals surface area contributed by atoms with E-state index in [-0.39, 0.29) is 0 Å². The Balaban J connectivity index is 1.19. The summed E-state index contributed by atoms with van der Waals surface area (Å²) in [6.07, 6.45) is 0. The lowest BCUT2D eigenvalue weighted by Gasteiger charge is -2.25. The van der Waals surface area contributed by atoms with Crippen LogP contribution in [0.3, 0.4) is 0 Å². The minimum absolute atomic E-state index is 0.626. The molecule has 0 bridgehead atoms. The highest BCUT2D eigenvalue weighted by Gasteiger charge is 2.30. The van der Waals surface area contributed by atoms with Gasteiger partial charge in [0.1, 0.15) is 16.8 Å². The van der Waals surface area contributed by atoms with Crippen LogP contribution in [0.15, 0.2) is 168 Å². The van der Waals surface area contributed by atoms with Gasteiger partial charge in [0.15, 0.2) is 11.4 Å². The summed E-state index contributed by atoms with van der Waals surface area (Å²) in [6.45, 7) is 0. The van der Waals surface area contributed by atoms with Gasteiger partial charge in [-0.3, -0.25) is 9.47 Å². The highest BCUT2D eigenvalue weighted by atomic mass is 16.3. The van der Waals surface area contributed by atoms with E-state index < -0.39 is 0 Å². The fourth-order valence-electron chi connectivity index (χ4n) is 7.66. The zero-order chi connectivity index (χ0) is 33.5. The normalized spacial score (nSPS) is 12.3. The molecule has 0 spiro atoms. The van der Waals surface area contributed by atoms with E-state index >= 15 is 0 Å². The number of hydrogen-bond acceptors (Lipinski definition) is 5. The van der Waals surface area contributed by atoms with Crippen LogP contribution in [0.2, 0.25) is 0 Å². The minimum Gasteiger partial charge on any atom is -0.452 e. The lowest BCUT2D eigenvalue weighted by molar-refractivity contribution is 0.667. The summed E-state index contributed by atoms with van der Waals surface area (Å²) >= 11 is 0. The fraction of sp³-hybridized carbons (Fsp3) is 0. The maximum absolute atomic E-state index is 6.39. The van der Waals surface area contributed by atoms with E-state index in [1.165, 1.54) is 5.39 Å². The van der Waals surface area contributed by atoms with Crippen LogP contribution in [-0.4, -0.2) is 19.5 Å². The molecule has 51 heavy (non-hydrogen) atoms. The molecule has 6 heteroatoms. The summed E-state index contributed by atoms with van der Waals surface area (Å²) in [5.41, 5.74) is 12.3. The summed E-state index contributed by atoms with van der Waals surface area (Å²) in [4.78, 5) is 18.0. The first kappa shape index (κ1) is 27.9. The quantitative estimate of drug-likeness (QED) is 0.190. The second-order valence-electron chi connectivity index (χ2n) is 12.9. The van der Waals surface area contributed by atoms with Gasteiger partial charge in [0, 0.05) is 38.7 Å². The molecule has 0 fully saturated rings. The number of benzene rings is 7. The second kappa shape index (κ2) is 10.7. The number of imidazole rings is 1. The molecule has 4 heterocycles. The Morgan fingerprint density at radius 3 is 2.10 bits per heavy atom. The van der Waals surface area contributed by atoms with Crippen molar-refractivity contribution in [3.05, 3.63) is 164 Å². The molecule has 0 N–H and O–H groups in total. The monoisotopic (exact) mass is 653 g/mol. The molecule has 0 atom stereocenters. The number of hydrogen-bond donors (Lipinski definition) is 0. The average Bonchev–Trinajstić information content (AvgIpc) is 3.74. The highest BCUT2D eigenvalue weighted by Crippen LogP contribution is 2.48. The van der Waals surface area contributed by atoms with Gasteiger partial charge in [0.25, 0.3) is 0 Å². The molecule has 0 aliphatic carbocycles. The predicted octanol–water partition coefficient (Wildman–Crippen LogP) is 11.7. The van der Waals surface area contributed by atoms with Crippen LogP contribution >= 0.6 is 0 Å². The number of rotatable bonds is 3. The Hall–Kier alpha value is -7.05. The van der Waals surface area contributed by atoms with Crippen LogP contribution in [0.5, 0.6) is 0 Å². The fourth-order valence-corrected chi connectivity index (χ4v) is 7.66. The third-order valence-corrected chi connectivity index (χ3v) is 9.93.